The van der Waals surface area contributed by atoms with E-state index < -0.39 is 0 Å². The van der Waals surface area contributed by atoms with Gasteiger partial charge in [-0.25, -0.2) is 4.79 Å². The summed E-state index contributed by atoms with van der Waals surface area (Å²) < 4.78 is 0. The fourth-order valence-corrected chi connectivity index (χ4v) is 1.30. The number of imidazole rings is 1. The van der Waals surface area contributed by atoms with Crippen LogP contribution in [0, 0.1) is 0 Å². The zero-order valence-electron chi connectivity index (χ0n) is 6.85. The molecule has 0 saturated carbocycles. The van der Waals surface area contributed by atoms with Crippen molar-refractivity contribution in [3.05, 3.63) is 34.2 Å². The molecule has 0 aliphatic heterocycles. The van der Waals surface area contributed by atoms with Crippen LogP contribution in [0.15, 0.2) is 23.0 Å². The van der Waals surface area contributed by atoms with Crippen LogP contribution in [-0.2, 0) is 6.42 Å². The van der Waals surface area contributed by atoms with Crippen molar-refractivity contribution in [2.24, 2.45) is 0 Å². The Morgan fingerprint density at radius 1 is 1.33 bits per heavy atom. The van der Waals surface area contributed by atoms with Gasteiger partial charge in [0, 0.05) is 1.43 Å². The molecule has 3 heteroatoms. The van der Waals surface area contributed by atoms with Crippen molar-refractivity contribution in [1.82, 2.24) is 9.97 Å². The second-order valence-corrected chi connectivity index (χ2v) is 2.81. The summed E-state index contributed by atoms with van der Waals surface area (Å²) in [4.78, 5) is 16.3. The summed E-state index contributed by atoms with van der Waals surface area (Å²) in [5.74, 6) is 0. The molecule has 12 heavy (non-hydrogen) atoms. The lowest BCUT2D eigenvalue weighted by Crippen LogP contribution is -1.99. The van der Waals surface area contributed by atoms with Crippen LogP contribution in [0.4, 0.5) is 0 Å². The number of aromatic nitrogens is 2. The van der Waals surface area contributed by atoms with E-state index in [2.05, 4.69) is 16.9 Å². The molecule has 0 spiro atoms. The molecule has 0 saturated heterocycles. The van der Waals surface area contributed by atoms with Gasteiger partial charge < -0.3 is 9.97 Å². The van der Waals surface area contributed by atoms with Gasteiger partial charge in [-0.05, 0) is 24.1 Å². The van der Waals surface area contributed by atoms with E-state index in [-0.39, 0.29) is 7.12 Å². The molecule has 1 heterocycles. The fourth-order valence-electron chi connectivity index (χ4n) is 1.30. The van der Waals surface area contributed by atoms with E-state index in [9.17, 15) is 4.79 Å². The summed E-state index contributed by atoms with van der Waals surface area (Å²) in [5, 5.41) is 0. The van der Waals surface area contributed by atoms with Gasteiger partial charge in [0.05, 0.1) is 11.0 Å². The Balaban J connectivity index is 0.000000845. The maximum Gasteiger partial charge on any atom is 0.323 e. The molecule has 0 amide bonds. The van der Waals surface area contributed by atoms with E-state index in [1.165, 1.54) is 5.56 Å². The molecule has 0 aliphatic carbocycles. The minimum absolute atomic E-state index is 0. The minimum atomic E-state index is -0.141. The second kappa shape index (κ2) is 2.52. The fraction of sp³-hybridized carbons (Fsp3) is 0.222. The van der Waals surface area contributed by atoms with Crippen LogP contribution in [0.25, 0.3) is 11.0 Å². The van der Waals surface area contributed by atoms with E-state index >= 15 is 0 Å². The molecular formula is C9H12N2O. The van der Waals surface area contributed by atoms with Crippen LogP contribution in [0.2, 0.25) is 0 Å². The smallest absolute Gasteiger partial charge is 0.306 e. The summed E-state index contributed by atoms with van der Waals surface area (Å²) in [5.41, 5.74) is 2.85. The number of hydrogen-bond acceptors (Lipinski definition) is 1. The number of aromatic amines is 2. The Bertz CT molecular complexity index is 458. The number of hydrogen-bond donors (Lipinski definition) is 2. The zero-order valence-corrected chi connectivity index (χ0v) is 6.85. The number of benzene rings is 1. The first-order valence-electron chi connectivity index (χ1n) is 4.00. The van der Waals surface area contributed by atoms with Crippen molar-refractivity contribution in [2.75, 3.05) is 0 Å². The third-order valence-electron chi connectivity index (χ3n) is 1.99. The Morgan fingerprint density at radius 3 is 2.83 bits per heavy atom. The van der Waals surface area contributed by atoms with Gasteiger partial charge in [-0.3, -0.25) is 0 Å². The number of aryl methyl sites for hydroxylation is 1. The molecule has 0 unspecified atom stereocenters. The van der Waals surface area contributed by atoms with Gasteiger partial charge in [0.25, 0.3) is 0 Å². The zero-order chi connectivity index (χ0) is 8.55. The number of fused-ring (bicyclic) bond motifs is 1. The van der Waals surface area contributed by atoms with Crippen molar-refractivity contribution >= 4 is 11.0 Å². The summed E-state index contributed by atoms with van der Waals surface area (Å²) in [7, 11) is 0. The summed E-state index contributed by atoms with van der Waals surface area (Å²) in [6, 6.07) is 5.94. The highest BCUT2D eigenvalue weighted by atomic mass is 16.1. The van der Waals surface area contributed by atoms with Gasteiger partial charge in [0.15, 0.2) is 0 Å². The van der Waals surface area contributed by atoms with Gasteiger partial charge in [-0.2, -0.15) is 0 Å². The van der Waals surface area contributed by atoms with E-state index in [1.54, 1.807) is 0 Å². The van der Waals surface area contributed by atoms with E-state index in [4.69, 9.17) is 0 Å². The second-order valence-electron chi connectivity index (χ2n) is 2.81. The summed E-state index contributed by atoms with van der Waals surface area (Å²) in [6.07, 6.45) is 0.989. The average molecular weight is 164 g/mol. The number of nitrogens with one attached hydrogen (secondary N) is 2. The molecule has 0 bridgehead atoms. The summed E-state index contributed by atoms with van der Waals surface area (Å²) >= 11 is 0. The lowest BCUT2D eigenvalue weighted by molar-refractivity contribution is 1.14. The Labute approximate surface area is 70.9 Å². The van der Waals surface area contributed by atoms with Crippen LogP contribution < -0.4 is 5.69 Å². The number of rotatable bonds is 1. The molecule has 2 rings (SSSR count). The van der Waals surface area contributed by atoms with Crippen LogP contribution in [0.5, 0.6) is 0 Å². The van der Waals surface area contributed by atoms with Gasteiger partial charge >= 0.3 is 5.69 Å². The molecule has 0 fully saturated rings. The highest BCUT2D eigenvalue weighted by Gasteiger charge is 1.97. The van der Waals surface area contributed by atoms with Gasteiger partial charge in [0.2, 0.25) is 0 Å². The molecule has 2 N–H and O–H groups in total. The van der Waals surface area contributed by atoms with E-state index in [0.29, 0.717) is 0 Å². The highest BCUT2D eigenvalue weighted by Crippen LogP contribution is 2.09. The van der Waals surface area contributed by atoms with Crippen LogP contribution >= 0.6 is 0 Å². The van der Waals surface area contributed by atoms with E-state index in [1.807, 2.05) is 18.2 Å². The van der Waals surface area contributed by atoms with Crippen molar-refractivity contribution in [3.8, 4) is 0 Å². The third kappa shape index (κ3) is 1.03. The van der Waals surface area contributed by atoms with Crippen LogP contribution in [-0.4, -0.2) is 9.97 Å². The van der Waals surface area contributed by atoms with Crippen LogP contribution in [0.3, 0.4) is 0 Å². The van der Waals surface area contributed by atoms with Gasteiger partial charge in [-0.1, -0.05) is 13.0 Å². The Morgan fingerprint density at radius 2 is 2.08 bits per heavy atom. The molecule has 1 aromatic carbocycles. The van der Waals surface area contributed by atoms with Gasteiger partial charge in [-0.15, -0.1) is 0 Å². The predicted octanol–water partition coefficient (Wildman–Crippen LogP) is 1.66. The molecule has 0 atom stereocenters. The third-order valence-corrected chi connectivity index (χ3v) is 1.99. The van der Waals surface area contributed by atoms with E-state index in [0.717, 1.165) is 17.5 Å². The van der Waals surface area contributed by atoms with Crippen molar-refractivity contribution in [2.45, 2.75) is 13.3 Å². The standard InChI is InChI=1S/C9H10N2O.H2/c1-2-6-3-4-7-8(5-6)11-9(12)10-7;/h3-5H,2H2,1H3,(H2,10,11,12);1H. The minimum Gasteiger partial charge on any atom is -0.306 e. The van der Waals surface area contributed by atoms with Crippen LogP contribution in [0.1, 0.15) is 13.9 Å². The largest absolute Gasteiger partial charge is 0.323 e. The highest BCUT2D eigenvalue weighted by molar-refractivity contribution is 5.74. The first-order chi connectivity index (χ1) is 5.79. The SMILES string of the molecule is CCc1ccc2[nH]c(=O)[nH]c2c1.[HH]. The molecule has 0 radical (unpaired) electrons. The lowest BCUT2D eigenvalue weighted by atomic mass is 10.1. The molecule has 3 nitrogen and oxygen atoms in total. The monoisotopic (exact) mass is 164 g/mol. The number of H-pyrrole nitrogens is 2. The molecule has 1 aromatic heterocycles. The Kier molecular flexibility index (Phi) is 1.50. The first-order valence-corrected chi connectivity index (χ1v) is 4.00. The van der Waals surface area contributed by atoms with Crippen molar-refractivity contribution in [3.63, 3.8) is 0 Å². The van der Waals surface area contributed by atoms with Crippen molar-refractivity contribution in [1.29, 1.82) is 0 Å². The Hall–Kier alpha value is -1.51. The predicted molar refractivity (Wildman–Crippen MR) is 50.4 cm³/mol. The average Bonchev–Trinajstić information content (AvgIpc) is 2.43. The first kappa shape index (κ1) is 7.16. The quantitative estimate of drug-likeness (QED) is 0.661. The normalized spacial score (nSPS) is 10.8. The molecule has 64 valence electrons. The van der Waals surface area contributed by atoms with Gasteiger partial charge in [0.1, 0.15) is 0 Å². The molecule has 0 aliphatic rings. The maximum absolute atomic E-state index is 10.9. The lowest BCUT2D eigenvalue weighted by Gasteiger charge is -1.94. The molecular weight excluding hydrogens is 152 g/mol. The summed E-state index contributed by atoms with van der Waals surface area (Å²) in [6.45, 7) is 2.09. The molecule has 2 aromatic rings. The van der Waals surface area contributed by atoms with Crippen molar-refractivity contribution < 1.29 is 1.43 Å². The maximum atomic E-state index is 10.9. The topological polar surface area (TPSA) is 48.6 Å².